The molecule has 0 saturated heterocycles. The lowest BCUT2D eigenvalue weighted by Crippen LogP contribution is -2.45. The molecule has 0 unspecified atom stereocenters. The average Bonchev–Trinajstić information content (AvgIpc) is 2.38. The molecule has 0 fully saturated rings. The van der Waals surface area contributed by atoms with E-state index in [4.69, 9.17) is 23.2 Å². The van der Waals surface area contributed by atoms with E-state index in [0.717, 1.165) is 5.56 Å². The smallest absolute Gasteiger partial charge is 0.232 e. The van der Waals surface area contributed by atoms with Gasteiger partial charge in [0, 0.05) is 24.8 Å². The van der Waals surface area contributed by atoms with Gasteiger partial charge in [0.15, 0.2) is 0 Å². The van der Waals surface area contributed by atoms with Crippen molar-refractivity contribution in [3.8, 4) is 0 Å². The first-order chi connectivity index (χ1) is 8.54. The summed E-state index contributed by atoms with van der Waals surface area (Å²) in [5.41, 5.74) is 0.448. The minimum atomic E-state index is -0.556. The van der Waals surface area contributed by atoms with Crippen LogP contribution in [0.5, 0.6) is 0 Å². The van der Waals surface area contributed by atoms with E-state index in [0.29, 0.717) is 24.8 Å². The Hall–Kier alpha value is -0.730. The van der Waals surface area contributed by atoms with Gasteiger partial charge < -0.3 is 4.90 Å². The lowest BCUT2D eigenvalue weighted by Gasteiger charge is -2.31. The molecule has 2 nitrogen and oxygen atoms in total. The molecule has 18 heavy (non-hydrogen) atoms. The van der Waals surface area contributed by atoms with Crippen LogP contribution in [0.3, 0.4) is 0 Å². The number of benzene rings is 1. The highest BCUT2D eigenvalue weighted by atomic mass is 35.5. The molecule has 0 aliphatic rings. The first-order valence-electron chi connectivity index (χ1n) is 6.01. The maximum atomic E-state index is 12.6. The summed E-state index contributed by atoms with van der Waals surface area (Å²) in [5, 5.41) is 0. The molecule has 0 heterocycles. The molecule has 1 rings (SSSR count). The molecule has 0 saturated carbocycles. The van der Waals surface area contributed by atoms with Crippen molar-refractivity contribution in [3.05, 3.63) is 35.9 Å². The van der Waals surface area contributed by atoms with E-state index in [1.165, 1.54) is 0 Å². The molecule has 0 N–H and O–H groups in total. The van der Waals surface area contributed by atoms with Crippen LogP contribution in [0.2, 0.25) is 0 Å². The summed E-state index contributed by atoms with van der Waals surface area (Å²) < 4.78 is 0. The van der Waals surface area contributed by atoms with Gasteiger partial charge in [0.25, 0.3) is 0 Å². The molecule has 1 amide bonds. The van der Waals surface area contributed by atoms with E-state index in [9.17, 15) is 4.79 Å². The van der Waals surface area contributed by atoms with Gasteiger partial charge in [0.2, 0.25) is 5.91 Å². The van der Waals surface area contributed by atoms with E-state index in [1.807, 2.05) is 44.2 Å². The fourth-order valence-electron chi connectivity index (χ4n) is 1.89. The maximum absolute atomic E-state index is 12.6. The number of carbonyl (C=O) groups is 1. The third-order valence-electron chi connectivity index (χ3n) is 3.03. The number of carbonyl (C=O) groups excluding carboxylic acids is 1. The Labute approximate surface area is 119 Å². The van der Waals surface area contributed by atoms with Gasteiger partial charge in [0.1, 0.15) is 0 Å². The SMILES string of the molecule is CC(C)(C(=O)N(CCCl)CCCl)c1ccccc1. The van der Waals surface area contributed by atoms with Crippen LogP contribution < -0.4 is 0 Å². The van der Waals surface area contributed by atoms with Crippen molar-refractivity contribution >= 4 is 29.1 Å². The Bertz CT molecular complexity index is 373. The Morgan fingerprint density at radius 1 is 1.11 bits per heavy atom. The van der Waals surface area contributed by atoms with Crippen molar-refractivity contribution in [1.29, 1.82) is 0 Å². The summed E-state index contributed by atoms with van der Waals surface area (Å²) in [6.07, 6.45) is 0. The van der Waals surface area contributed by atoms with E-state index < -0.39 is 5.41 Å². The molecule has 0 aromatic heterocycles. The molecule has 0 bridgehead atoms. The van der Waals surface area contributed by atoms with Crippen LogP contribution in [0.4, 0.5) is 0 Å². The molecule has 0 radical (unpaired) electrons. The van der Waals surface area contributed by atoms with Crippen LogP contribution in [0.25, 0.3) is 0 Å². The standard InChI is InChI=1S/C14H19Cl2NO/c1-14(2,12-6-4-3-5-7-12)13(18)17(10-8-15)11-9-16/h3-7H,8-11H2,1-2H3. The summed E-state index contributed by atoms with van der Waals surface area (Å²) in [4.78, 5) is 14.3. The van der Waals surface area contributed by atoms with Crippen molar-refractivity contribution in [2.24, 2.45) is 0 Å². The quantitative estimate of drug-likeness (QED) is 0.736. The maximum Gasteiger partial charge on any atom is 0.232 e. The number of hydrogen-bond donors (Lipinski definition) is 0. The van der Waals surface area contributed by atoms with Gasteiger partial charge in [-0.15, -0.1) is 23.2 Å². The zero-order chi connectivity index (χ0) is 13.6. The molecule has 100 valence electrons. The number of alkyl halides is 2. The molecule has 0 aliphatic carbocycles. The second-order valence-corrected chi connectivity index (χ2v) is 5.42. The van der Waals surface area contributed by atoms with Crippen LogP contribution >= 0.6 is 23.2 Å². The summed E-state index contributed by atoms with van der Waals surface area (Å²) in [7, 11) is 0. The van der Waals surface area contributed by atoms with E-state index in [1.54, 1.807) is 4.90 Å². The summed E-state index contributed by atoms with van der Waals surface area (Å²) in [6, 6.07) is 9.77. The third kappa shape index (κ3) is 3.63. The van der Waals surface area contributed by atoms with Crippen LogP contribution in [0, 0.1) is 0 Å². The lowest BCUT2D eigenvalue weighted by molar-refractivity contribution is -0.135. The first-order valence-corrected chi connectivity index (χ1v) is 7.07. The van der Waals surface area contributed by atoms with Crippen molar-refractivity contribution in [3.63, 3.8) is 0 Å². The normalized spacial score (nSPS) is 11.3. The fourth-order valence-corrected chi connectivity index (χ4v) is 2.30. The highest BCUT2D eigenvalue weighted by Gasteiger charge is 2.33. The van der Waals surface area contributed by atoms with Crippen molar-refractivity contribution in [2.45, 2.75) is 19.3 Å². The van der Waals surface area contributed by atoms with Gasteiger partial charge in [0.05, 0.1) is 5.41 Å². The minimum absolute atomic E-state index is 0.0648. The number of nitrogens with zero attached hydrogens (tertiary/aromatic N) is 1. The summed E-state index contributed by atoms with van der Waals surface area (Å²) in [5.74, 6) is 0.913. The molecular formula is C14H19Cl2NO. The highest BCUT2D eigenvalue weighted by Crippen LogP contribution is 2.25. The van der Waals surface area contributed by atoms with E-state index >= 15 is 0 Å². The Morgan fingerprint density at radius 2 is 1.61 bits per heavy atom. The summed E-state index contributed by atoms with van der Waals surface area (Å²) >= 11 is 11.5. The second kappa shape index (κ2) is 7.01. The zero-order valence-corrected chi connectivity index (χ0v) is 12.3. The fraction of sp³-hybridized carbons (Fsp3) is 0.500. The summed E-state index contributed by atoms with van der Waals surface area (Å²) in [6.45, 7) is 4.92. The largest absolute Gasteiger partial charge is 0.340 e. The minimum Gasteiger partial charge on any atom is -0.340 e. The van der Waals surface area contributed by atoms with Crippen LogP contribution in [-0.4, -0.2) is 35.7 Å². The van der Waals surface area contributed by atoms with Gasteiger partial charge >= 0.3 is 0 Å². The predicted molar refractivity (Wildman–Crippen MR) is 77.5 cm³/mol. The van der Waals surface area contributed by atoms with Gasteiger partial charge in [-0.2, -0.15) is 0 Å². The van der Waals surface area contributed by atoms with Crippen molar-refractivity contribution < 1.29 is 4.79 Å². The number of rotatable bonds is 6. The van der Waals surface area contributed by atoms with Gasteiger partial charge in [-0.25, -0.2) is 0 Å². The Balaban J connectivity index is 2.92. The number of halogens is 2. The lowest BCUT2D eigenvalue weighted by atomic mass is 9.83. The predicted octanol–water partition coefficient (Wildman–Crippen LogP) is 3.27. The molecule has 0 atom stereocenters. The van der Waals surface area contributed by atoms with Crippen LogP contribution in [0.15, 0.2) is 30.3 Å². The molecule has 1 aromatic carbocycles. The van der Waals surface area contributed by atoms with Gasteiger partial charge in [-0.1, -0.05) is 30.3 Å². The Kier molecular flexibility index (Phi) is 5.97. The van der Waals surface area contributed by atoms with Crippen LogP contribution in [-0.2, 0) is 10.2 Å². The topological polar surface area (TPSA) is 20.3 Å². The molecule has 0 aliphatic heterocycles. The first kappa shape index (κ1) is 15.3. The highest BCUT2D eigenvalue weighted by molar-refractivity contribution is 6.18. The van der Waals surface area contributed by atoms with Gasteiger partial charge in [-0.05, 0) is 19.4 Å². The number of hydrogen-bond acceptors (Lipinski definition) is 1. The monoisotopic (exact) mass is 287 g/mol. The second-order valence-electron chi connectivity index (χ2n) is 4.66. The van der Waals surface area contributed by atoms with Crippen molar-refractivity contribution in [1.82, 2.24) is 4.90 Å². The molecule has 0 spiro atoms. The zero-order valence-electron chi connectivity index (χ0n) is 10.8. The molecular weight excluding hydrogens is 269 g/mol. The molecule has 1 aromatic rings. The van der Waals surface area contributed by atoms with E-state index in [-0.39, 0.29) is 5.91 Å². The van der Waals surface area contributed by atoms with Gasteiger partial charge in [-0.3, -0.25) is 4.79 Å². The third-order valence-corrected chi connectivity index (χ3v) is 3.36. The van der Waals surface area contributed by atoms with E-state index in [2.05, 4.69) is 0 Å². The van der Waals surface area contributed by atoms with Crippen LogP contribution in [0.1, 0.15) is 19.4 Å². The van der Waals surface area contributed by atoms with Crippen molar-refractivity contribution in [2.75, 3.05) is 24.8 Å². The number of amides is 1. The Morgan fingerprint density at radius 3 is 2.06 bits per heavy atom. The molecule has 4 heteroatoms. The average molecular weight is 288 g/mol.